The molecule has 1 aliphatic heterocycles. The number of nitrogens with one attached hydrogen (secondary N) is 1. The van der Waals surface area contributed by atoms with Crippen LogP contribution in [0.4, 0.5) is 0 Å². The third-order valence-corrected chi connectivity index (χ3v) is 3.57. The molecule has 94 valence electrons. The molecular formula is C13H19NO2S. The highest BCUT2D eigenvalue weighted by atomic mass is 32.2. The lowest BCUT2D eigenvalue weighted by molar-refractivity contribution is 0.306. The summed E-state index contributed by atoms with van der Waals surface area (Å²) in [7, 11) is 1.95. The van der Waals surface area contributed by atoms with Crippen molar-refractivity contribution in [3.8, 4) is 11.5 Å². The molecule has 0 saturated carbocycles. The average molecular weight is 253 g/mol. The standard InChI is InChI=1S/C13H19NO2S/c1-14-12-9-16-13-8-10(4-5-11(12)13)15-6-3-7-17-2/h4-5,8,12,14H,3,6-7,9H2,1-2H3. The summed E-state index contributed by atoms with van der Waals surface area (Å²) in [6, 6.07) is 6.42. The van der Waals surface area contributed by atoms with Crippen LogP contribution < -0.4 is 14.8 Å². The summed E-state index contributed by atoms with van der Waals surface area (Å²) < 4.78 is 11.3. The smallest absolute Gasteiger partial charge is 0.127 e. The Bertz CT molecular complexity index is 370. The maximum Gasteiger partial charge on any atom is 0.127 e. The number of rotatable bonds is 6. The molecule has 0 spiro atoms. The number of ether oxygens (including phenoxy) is 2. The van der Waals surface area contributed by atoms with Crippen LogP contribution in [0.5, 0.6) is 11.5 Å². The largest absolute Gasteiger partial charge is 0.493 e. The average Bonchev–Trinajstić information content (AvgIpc) is 2.77. The van der Waals surface area contributed by atoms with Crippen LogP contribution in [0.25, 0.3) is 0 Å². The first-order valence-electron chi connectivity index (χ1n) is 5.91. The first-order chi connectivity index (χ1) is 8.35. The molecule has 0 radical (unpaired) electrons. The van der Waals surface area contributed by atoms with Crippen molar-refractivity contribution >= 4 is 11.8 Å². The number of hydrogen-bond acceptors (Lipinski definition) is 4. The highest BCUT2D eigenvalue weighted by Gasteiger charge is 2.22. The minimum Gasteiger partial charge on any atom is -0.493 e. The van der Waals surface area contributed by atoms with Gasteiger partial charge in [0.05, 0.1) is 12.6 Å². The summed E-state index contributed by atoms with van der Waals surface area (Å²) >= 11 is 1.85. The Morgan fingerprint density at radius 1 is 1.53 bits per heavy atom. The molecular weight excluding hydrogens is 234 g/mol. The fourth-order valence-electron chi connectivity index (χ4n) is 1.91. The number of thioether (sulfide) groups is 1. The van der Waals surface area contributed by atoms with Gasteiger partial charge in [-0.05, 0) is 37.6 Å². The lowest BCUT2D eigenvalue weighted by atomic mass is 10.1. The predicted molar refractivity (Wildman–Crippen MR) is 72.2 cm³/mol. The molecule has 0 fully saturated rings. The van der Waals surface area contributed by atoms with Crippen LogP contribution in [0.3, 0.4) is 0 Å². The van der Waals surface area contributed by atoms with E-state index < -0.39 is 0 Å². The van der Waals surface area contributed by atoms with Crippen LogP contribution in [0.1, 0.15) is 18.0 Å². The van der Waals surface area contributed by atoms with Gasteiger partial charge in [0.1, 0.15) is 18.1 Å². The monoisotopic (exact) mass is 253 g/mol. The summed E-state index contributed by atoms with van der Waals surface area (Å²) in [5.41, 5.74) is 1.23. The van der Waals surface area contributed by atoms with Gasteiger partial charge in [0.15, 0.2) is 0 Å². The predicted octanol–water partition coefficient (Wildman–Crippen LogP) is 2.47. The highest BCUT2D eigenvalue weighted by Crippen LogP contribution is 2.34. The number of hydrogen-bond donors (Lipinski definition) is 1. The van der Waals surface area contributed by atoms with Crippen LogP contribution >= 0.6 is 11.8 Å². The van der Waals surface area contributed by atoms with E-state index in [-0.39, 0.29) is 0 Å². The van der Waals surface area contributed by atoms with Crippen LogP contribution in [0, 0.1) is 0 Å². The van der Waals surface area contributed by atoms with Crippen LogP contribution in [-0.4, -0.2) is 32.3 Å². The second-order valence-electron chi connectivity index (χ2n) is 4.05. The van der Waals surface area contributed by atoms with E-state index in [1.165, 1.54) is 5.56 Å². The van der Waals surface area contributed by atoms with Gasteiger partial charge in [0.2, 0.25) is 0 Å². The zero-order valence-corrected chi connectivity index (χ0v) is 11.2. The quantitative estimate of drug-likeness (QED) is 0.789. The molecule has 1 N–H and O–H groups in total. The van der Waals surface area contributed by atoms with Gasteiger partial charge >= 0.3 is 0 Å². The molecule has 1 aromatic rings. The van der Waals surface area contributed by atoms with Gasteiger partial charge in [-0.2, -0.15) is 11.8 Å². The summed E-state index contributed by atoms with van der Waals surface area (Å²) in [5.74, 6) is 3.00. The Kier molecular flexibility index (Phi) is 4.57. The number of fused-ring (bicyclic) bond motifs is 1. The lowest BCUT2D eigenvalue weighted by Gasteiger charge is -2.08. The van der Waals surface area contributed by atoms with E-state index in [0.717, 1.165) is 30.3 Å². The lowest BCUT2D eigenvalue weighted by Crippen LogP contribution is -2.17. The van der Waals surface area contributed by atoms with E-state index in [9.17, 15) is 0 Å². The van der Waals surface area contributed by atoms with E-state index in [0.29, 0.717) is 12.6 Å². The van der Waals surface area contributed by atoms with Gasteiger partial charge in [-0.15, -0.1) is 0 Å². The van der Waals surface area contributed by atoms with Crippen molar-refractivity contribution in [3.05, 3.63) is 23.8 Å². The SMILES string of the molecule is CNC1COc2cc(OCCCSC)ccc21. The van der Waals surface area contributed by atoms with E-state index in [1.807, 2.05) is 30.9 Å². The topological polar surface area (TPSA) is 30.5 Å². The summed E-state index contributed by atoms with van der Waals surface area (Å²) in [5, 5.41) is 3.23. The Morgan fingerprint density at radius 3 is 3.18 bits per heavy atom. The zero-order valence-electron chi connectivity index (χ0n) is 10.4. The molecule has 0 bridgehead atoms. The van der Waals surface area contributed by atoms with Gasteiger partial charge in [-0.1, -0.05) is 0 Å². The molecule has 1 atom stereocenters. The molecule has 0 saturated heterocycles. The second kappa shape index (κ2) is 6.17. The van der Waals surface area contributed by atoms with Crippen molar-refractivity contribution in [2.24, 2.45) is 0 Å². The van der Waals surface area contributed by atoms with Gasteiger partial charge in [-0.3, -0.25) is 0 Å². The molecule has 3 nitrogen and oxygen atoms in total. The first kappa shape index (κ1) is 12.6. The van der Waals surface area contributed by atoms with E-state index >= 15 is 0 Å². The van der Waals surface area contributed by atoms with Crippen molar-refractivity contribution in [1.29, 1.82) is 0 Å². The molecule has 0 aromatic heterocycles. The number of likely N-dealkylation sites (N-methyl/N-ethyl adjacent to an activating group) is 1. The molecule has 0 amide bonds. The molecule has 1 aromatic carbocycles. The number of benzene rings is 1. The minimum atomic E-state index is 0.315. The van der Waals surface area contributed by atoms with Crippen molar-refractivity contribution in [2.45, 2.75) is 12.5 Å². The molecule has 1 heterocycles. The Balaban J connectivity index is 1.93. The van der Waals surface area contributed by atoms with Gasteiger partial charge in [-0.25, -0.2) is 0 Å². The Labute approximate surface area is 107 Å². The molecule has 17 heavy (non-hydrogen) atoms. The molecule has 2 rings (SSSR count). The van der Waals surface area contributed by atoms with Crippen LogP contribution in [-0.2, 0) is 0 Å². The zero-order chi connectivity index (χ0) is 12.1. The van der Waals surface area contributed by atoms with E-state index in [2.05, 4.69) is 17.6 Å². The highest BCUT2D eigenvalue weighted by molar-refractivity contribution is 7.98. The molecule has 0 aliphatic carbocycles. The van der Waals surface area contributed by atoms with E-state index in [4.69, 9.17) is 9.47 Å². The fraction of sp³-hybridized carbons (Fsp3) is 0.538. The molecule has 4 heteroatoms. The van der Waals surface area contributed by atoms with Crippen LogP contribution in [0.2, 0.25) is 0 Å². The van der Waals surface area contributed by atoms with Crippen molar-refractivity contribution in [2.75, 3.05) is 32.3 Å². The fourth-order valence-corrected chi connectivity index (χ4v) is 2.32. The summed E-state index contributed by atoms with van der Waals surface area (Å²) in [4.78, 5) is 0. The summed E-state index contributed by atoms with van der Waals surface area (Å²) in [6.45, 7) is 1.48. The minimum absolute atomic E-state index is 0.315. The van der Waals surface area contributed by atoms with Gasteiger partial charge in [0.25, 0.3) is 0 Å². The normalized spacial score (nSPS) is 17.6. The third-order valence-electron chi connectivity index (χ3n) is 2.88. The van der Waals surface area contributed by atoms with Crippen molar-refractivity contribution in [1.82, 2.24) is 5.32 Å². The Hall–Kier alpha value is -0.870. The van der Waals surface area contributed by atoms with Crippen molar-refractivity contribution < 1.29 is 9.47 Å². The van der Waals surface area contributed by atoms with Crippen LogP contribution in [0.15, 0.2) is 18.2 Å². The molecule has 1 aliphatic rings. The maximum absolute atomic E-state index is 5.69. The molecule has 1 unspecified atom stereocenters. The maximum atomic E-state index is 5.69. The first-order valence-corrected chi connectivity index (χ1v) is 7.30. The van der Waals surface area contributed by atoms with Gasteiger partial charge in [0, 0.05) is 11.6 Å². The summed E-state index contributed by atoms with van der Waals surface area (Å²) in [6.07, 6.45) is 3.19. The van der Waals surface area contributed by atoms with Gasteiger partial charge < -0.3 is 14.8 Å². The van der Waals surface area contributed by atoms with Crippen molar-refractivity contribution in [3.63, 3.8) is 0 Å². The third kappa shape index (κ3) is 3.07. The van der Waals surface area contributed by atoms with E-state index in [1.54, 1.807) is 0 Å². The second-order valence-corrected chi connectivity index (χ2v) is 5.03. The Morgan fingerprint density at radius 2 is 2.41 bits per heavy atom.